The molecule has 0 amide bonds. The Balaban J connectivity index is 1.75. The van der Waals surface area contributed by atoms with Crippen molar-refractivity contribution in [3.05, 3.63) is 58.5 Å². The summed E-state index contributed by atoms with van der Waals surface area (Å²) in [5.74, 6) is 6.71. The largest absolute Gasteiger partial charge is 0.387 e. The summed E-state index contributed by atoms with van der Waals surface area (Å²) in [6, 6.07) is 11.3. The molecule has 0 bridgehead atoms. The number of pyridine rings is 1. The molecule has 1 saturated heterocycles. The van der Waals surface area contributed by atoms with Crippen molar-refractivity contribution in [2.45, 2.75) is 45.0 Å². The molecule has 3 N–H and O–H groups in total. The van der Waals surface area contributed by atoms with E-state index in [1.165, 1.54) is 0 Å². The lowest BCUT2D eigenvalue weighted by molar-refractivity contribution is 0.155. The van der Waals surface area contributed by atoms with Crippen LogP contribution in [0.2, 0.25) is 0 Å². The number of piperidine rings is 1. The smallest absolute Gasteiger partial charge is 0.276 e. The van der Waals surface area contributed by atoms with Gasteiger partial charge < -0.3 is 20.3 Å². The second-order valence-electron chi connectivity index (χ2n) is 7.71. The predicted molar refractivity (Wildman–Crippen MR) is 118 cm³/mol. The van der Waals surface area contributed by atoms with Crippen molar-refractivity contribution in [1.29, 1.82) is 0 Å². The quantitative estimate of drug-likeness (QED) is 0.633. The number of rotatable bonds is 5. The van der Waals surface area contributed by atoms with Crippen LogP contribution in [0.1, 0.15) is 31.4 Å². The Bertz CT molecular complexity index is 1140. The standard InChI is InChI=1S/C23H27N5O2/c1-2-3-13-28-21-19(25-23(28)27-12-7-10-18(24)15-27)11-14-26(22(21)30)16-20(29)17-8-5-4-6-9-17/h4-6,8-9,11,14,18,20,29H,7,10,12-13,15-16,24H2,1H3. The summed E-state index contributed by atoms with van der Waals surface area (Å²) in [4.78, 5) is 20.2. The first-order valence-electron chi connectivity index (χ1n) is 10.3. The van der Waals surface area contributed by atoms with Gasteiger partial charge >= 0.3 is 0 Å². The van der Waals surface area contributed by atoms with Gasteiger partial charge in [0, 0.05) is 25.3 Å². The summed E-state index contributed by atoms with van der Waals surface area (Å²) < 4.78 is 3.43. The van der Waals surface area contributed by atoms with Gasteiger partial charge in [0.1, 0.15) is 5.52 Å². The van der Waals surface area contributed by atoms with Crippen LogP contribution in [-0.4, -0.2) is 38.4 Å². The van der Waals surface area contributed by atoms with Gasteiger partial charge in [0.05, 0.1) is 24.7 Å². The molecule has 1 aromatic carbocycles. The minimum Gasteiger partial charge on any atom is -0.387 e. The number of hydrogen-bond acceptors (Lipinski definition) is 5. The molecular formula is C23H27N5O2. The van der Waals surface area contributed by atoms with Crippen molar-refractivity contribution < 1.29 is 5.11 Å². The van der Waals surface area contributed by atoms with Crippen LogP contribution in [0, 0.1) is 11.8 Å². The predicted octanol–water partition coefficient (Wildman–Crippen LogP) is 1.88. The average molecular weight is 406 g/mol. The summed E-state index contributed by atoms with van der Waals surface area (Å²) in [6.07, 6.45) is 2.92. The van der Waals surface area contributed by atoms with Crippen LogP contribution in [0.15, 0.2) is 47.4 Å². The van der Waals surface area contributed by atoms with Gasteiger partial charge in [-0.25, -0.2) is 4.98 Å². The van der Waals surface area contributed by atoms with Gasteiger partial charge in [-0.3, -0.25) is 9.36 Å². The maximum Gasteiger partial charge on any atom is 0.276 e. The summed E-state index contributed by atoms with van der Waals surface area (Å²) >= 11 is 0. The average Bonchev–Trinajstić information content (AvgIpc) is 3.14. The molecule has 1 aliphatic rings. The molecule has 0 spiro atoms. The number of aliphatic hydroxyl groups excluding tert-OH is 1. The van der Waals surface area contributed by atoms with Crippen molar-refractivity contribution in [2.75, 3.05) is 18.0 Å². The molecule has 30 heavy (non-hydrogen) atoms. The first-order valence-corrected chi connectivity index (χ1v) is 10.3. The van der Waals surface area contributed by atoms with Crippen molar-refractivity contribution in [2.24, 2.45) is 5.73 Å². The maximum atomic E-state index is 13.3. The molecule has 3 aromatic rings. The number of nitrogens with two attached hydrogens (primary N) is 1. The number of imidazole rings is 1. The highest BCUT2D eigenvalue weighted by molar-refractivity contribution is 5.78. The fraction of sp³-hybridized carbons (Fsp3) is 0.391. The van der Waals surface area contributed by atoms with Crippen molar-refractivity contribution in [3.63, 3.8) is 0 Å². The van der Waals surface area contributed by atoms with E-state index in [1.807, 2.05) is 41.0 Å². The monoisotopic (exact) mass is 405 g/mol. The molecule has 156 valence electrons. The lowest BCUT2D eigenvalue weighted by Gasteiger charge is -2.31. The number of benzene rings is 1. The Morgan fingerprint density at radius 1 is 1.30 bits per heavy atom. The van der Waals surface area contributed by atoms with Crippen molar-refractivity contribution >= 4 is 17.0 Å². The third-order valence-electron chi connectivity index (χ3n) is 5.56. The van der Waals surface area contributed by atoms with Gasteiger partial charge in [-0.15, -0.1) is 5.92 Å². The Labute approximate surface area is 175 Å². The van der Waals surface area contributed by atoms with Gasteiger partial charge in [-0.05, 0) is 31.4 Å². The van der Waals surface area contributed by atoms with E-state index in [4.69, 9.17) is 10.7 Å². The lowest BCUT2D eigenvalue weighted by Crippen LogP contribution is -2.44. The SMILES string of the molecule is CC#CCn1c(N2CCCC(N)C2)nc2ccn(CC(O)c3ccccc3)c(=O)c21. The van der Waals surface area contributed by atoms with E-state index in [0.29, 0.717) is 24.1 Å². The van der Waals surface area contributed by atoms with E-state index in [9.17, 15) is 9.90 Å². The molecule has 0 aliphatic carbocycles. The highest BCUT2D eigenvalue weighted by Crippen LogP contribution is 2.24. The topological polar surface area (TPSA) is 89.3 Å². The Kier molecular flexibility index (Phi) is 5.88. The maximum absolute atomic E-state index is 13.3. The third-order valence-corrected chi connectivity index (χ3v) is 5.56. The number of fused-ring (bicyclic) bond motifs is 1. The summed E-state index contributed by atoms with van der Waals surface area (Å²) in [5.41, 5.74) is 7.91. The van der Waals surface area contributed by atoms with Crippen LogP contribution in [0.3, 0.4) is 0 Å². The Morgan fingerprint density at radius 3 is 2.83 bits per heavy atom. The van der Waals surface area contributed by atoms with Crippen molar-refractivity contribution in [3.8, 4) is 11.8 Å². The molecule has 4 rings (SSSR count). The number of nitrogens with zero attached hydrogens (tertiary/aromatic N) is 4. The number of aliphatic hydroxyl groups is 1. The van der Waals surface area contributed by atoms with Crippen LogP contribution in [0.4, 0.5) is 5.95 Å². The van der Waals surface area contributed by atoms with Crippen LogP contribution in [-0.2, 0) is 13.1 Å². The molecule has 3 heterocycles. The second kappa shape index (κ2) is 8.74. The van der Waals surface area contributed by atoms with Gasteiger partial charge in [0.25, 0.3) is 5.56 Å². The first kappa shape index (κ1) is 20.2. The minimum atomic E-state index is -0.771. The molecular weight excluding hydrogens is 378 g/mol. The molecule has 1 fully saturated rings. The van der Waals surface area contributed by atoms with Crippen LogP contribution < -0.4 is 16.2 Å². The summed E-state index contributed by atoms with van der Waals surface area (Å²) in [5, 5.41) is 10.6. The molecule has 2 unspecified atom stereocenters. The zero-order valence-electron chi connectivity index (χ0n) is 17.2. The Morgan fingerprint density at radius 2 is 2.10 bits per heavy atom. The summed E-state index contributed by atoms with van der Waals surface area (Å²) in [6.45, 7) is 3.91. The number of anilines is 1. The van der Waals surface area contributed by atoms with Gasteiger partial charge in [-0.1, -0.05) is 36.3 Å². The fourth-order valence-corrected chi connectivity index (χ4v) is 4.02. The molecule has 2 aromatic heterocycles. The second-order valence-corrected chi connectivity index (χ2v) is 7.71. The van der Waals surface area contributed by atoms with Crippen molar-refractivity contribution in [1.82, 2.24) is 14.1 Å². The van der Waals surface area contributed by atoms with E-state index in [0.717, 1.165) is 30.9 Å². The van der Waals surface area contributed by atoms with E-state index in [1.54, 1.807) is 17.7 Å². The van der Waals surface area contributed by atoms with Crippen LogP contribution in [0.5, 0.6) is 0 Å². The molecule has 2 atom stereocenters. The zero-order valence-corrected chi connectivity index (χ0v) is 17.2. The molecule has 7 nitrogen and oxygen atoms in total. The third kappa shape index (κ3) is 3.97. The van der Waals surface area contributed by atoms with Crippen LogP contribution in [0.25, 0.3) is 11.0 Å². The van der Waals surface area contributed by atoms with Gasteiger partial charge in [-0.2, -0.15) is 0 Å². The Hall–Kier alpha value is -3.08. The highest BCUT2D eigenvalue weighted by atomic mass is 16.3. The normalized spacial score (nSPS) is 17.6. The summed E-state index contributed by atoms with van der Waals surface area (Å²) in [7, 11) is 0. The number of aromatic nitrogens is 3. The highest BCUT2D eigenvalue weighted by Gasteiger charge is 2.24. The number of hydrogen-bond donors (Lipinski definition) is 2. The van der Waals surface area contributed by atoms with Gasteiger partial charge in [0.2, 0.25) is 5.95 Å². The lowest BCUT2D eigenvalue weighted by atomic mass is 10.1. The molecule has 0 saturated carbocycles. The molecule has 0 radical (unpaired) electrons. The molecule has 7 heteroatoms. The minimum absolute atomic E-state index is 0.0990. The van der Waals surface area contributed by atoms with Crippen LogP contribution >= 0.6 is 0 Å². The van der Waals surface area contributed by atoms with E-state index >= 15 is 0 Å². The zero-order chi connectivity index (χ0) is 21.1. The van der Waals surface area contributed by atoms with E-state index in [-0.39, 0.29) is 18.1 Å². The first-order chi connectivity index (χ1) is 14.6. The molecule has 1 aliphatic heterocycles. The van der Waals surface area contributed by atoms with E-state index in [2.05, 4.69) is 16.7 Å². The van der Waals surface area contributed by atoms with Gasteiger partial charge in [0.15, 0.2) is 0 Å². The fourth-order valence-electron chi connectivity index (χ4n) is 4.02. The van der Waals surface area contributed by atoms with E-state index < -0.39 is 6.10 Å².